The second-order valence-electron chi connectivity index (χ2n) is 10.8. The van der Waals surface area contributed by atoms with E-state index in [1.807, 2.05) is 18.2 Å². The fraction of sp³-hybridized carbons (Fsp3) is 0.250. The molecule has 6 rings (SSSR count). The molecule has 1 aliphatic rings. The molecule has 0 unspecified atom stereocenters. The molecule has 3 aromatic carbocycles. The van der Waals surface area contributed by atoms with E-state index in [2.05, 4.69) is 40.8 Å². The minimum atomic E-state index is -4.47. The standard InChI is InChI=1S/C32H31F3N8O3/c1-46-26-16-23(43-12-10-24(44)11-13-43)8-9-25(26)40-31-41-28-27(37-18-38-28)29(42-31)39-22-7-3-5-20(15-22)30(45)36-17-19-4-2-6-21(14-19)32(33,34)35/h2-9,14-16,18,24,44H,10-13,17H2,1H3,(H,36,45)(H3,37,38,39,40,41,42). The van der Waals surface area contributed by atoms with E-state index in [0.717, 1.165) is 30.9 Å². The number of carbonyl (C=O) groups excluding carboxylic acids is 1. The van der Waals surface area contributed by atoms with E-state index >= 15 is 0 Å². The smallest absolute Gasteiger partial charge is 0.416 e. The van der Waals surface area contributed by atoms with Crippen LogP contribution in [0.2, 0.25) is 0 Å². The monoisotopic (exact) mass is 632 g/mol. The maximum absolute atomic E-state index is 13.1. The number of carbonyl (C=O) groups is 1. The minimum absolute atomic E-state index is 0.0677. The van der Waals surface area contributed by atoms with E-state index in [9.17, 15) is 23.1 Å². The number of piperidine rings is 1. The molecule has 1 amide bonds. The van der Waals surface area contributed by atoms with Gasteiger partial charge in [0.1, 0.15) is 11.3 Å². The van der Waals surface area contributed by atoms with Crippen molar-refractivity contribution in [2.24, 2.45) is 0 Å². The Hall–Kier alpha value is -5.37. The Kier molecular flexibility index (Phi) is 8.61. The van der Waals surface area contributed by atoms with Crippen LogP contribution in [-0.2, 0) is 12.7 Å². The number of hydrogen-bond acceptors (Lipinski definition) is 9. The number of amides is 1. The Morgan fingerprint density at radius 3 is 2.63 bits per heavy atom. The van der Waals surface area contributed by atoms with Crippen molar-refractivity contribution in [1.82, 2.24) is 25.3 Å². The van der Waals surface area contributed by atoms with Crippen molar-refractivity contribution >= 4 is 45.9 Å². The predicted molar refractivity (Wildman–Crippen MR) is 168 cm³/mol. The molecule has 1 aliphatic heterocycles. The molecule has 46 heavy (non-hydrogen) atoms. The van der Waals surface area contributed by atoms with Crippen LogP contribution < -0.4 is 25.6 Å². The maximum Gasteiger partial charge on any atom is 0.416 e. The van der Waals surface area contributed by atoms with E-state index in [1.165, 1.54) is 18.5 Å². The van der Waals surface area contributed by atoms with Gasteiger partial charge in [-0.05, 0) is 60.9 Å². The second-order valence-corrected chi connectivity index (χ2v) is 10.8. The first-order valence-corrected chi connectivity index (χ1v) is 14.6. The summed E-state index contributed by atoms with van der Waals surface area (Å²) in [4.78, 5) is 31.6. The van der Waals surface area contributed by atoms with Crippen LogP contribution in [0.3, 0.4) is 0 Å². The van der Waals surface area contributed by atoms with E-state index in [1.54, 1.807) is 31.4 Å². The van der Waals surface area contributed by atoms with Crippen LogP contribution in [0.5, 0.6) is 5.75 Å². The number of benzene rings is 3. The number of aromatic nitrogens is 4. The number of aliphatic hydroxyl groups excluding tert-OH is 1. The van der Waals surface area contributed by atoms with Crippen LogP contribution >= 0.6 is 0 Å². The zero-order valence-corrected chi connectivity index (χ0v) is 24.7. The molecule has 0 aliphatic carbocycles. The number of aliphatic hydroxyl groups is 1. The lowest BCUT2D eigenvalue weighted by Gasteiger charge is -2.31. The van der Waals surface area contributed by atoms with Gasteiger partial charge in [-0.2, -0.15) is 23.1 Å². The number of ether oxygens (including phenoxy) is 1. The molecule has 0 spiro atoms. The van der Waals surface area contributed by atoms with E-state index in [-0.39, 0.29) is 18.6 Å². The number of methoxy groups -OCH3 is 1. The molecule has 238 valence electrons. The largest absolute Gasteiger partial charge is 0.494 e. The Bertz CT molecular complexity index is 1850. The fourth-order valence-corrected chi connectivity index (χ4v) is 5.22. The third-order valence-electron chi connectivity index (χ3n) is 7.64. The summed E-state index contributed by atoms with van der Waals surface area (Å²) in [6.45, 7) is 1.44. The van der Waals surface area contributed by atoms with E-state index in [0.29, 0.717) is 58.1 Å². The zero-order chi connectivity index (χ0) is 32.3. The molecule has 2 aromatic heterocycles. The molecule has 5 aromatic rings. The van der Waals surface area contributed by atoms with Crippen molar-refractivity contribution in [1.29, 1.82) is 0 Å². The minimum Gasteiger partial charge on any atom is -0.494 e. The van der Waals surface area contributed by atoms with Crippen molar-refractivity contribution in [3.63, 3.8) is 0 Å². The molecule has 11 nitrogen and oxygen atoms in total. The molecule has 5 N–H and O–H groups in total. The zero-order valence-electron chi connectivity index (χ0n) is 24.7. The number of alkyl halides is 3. The number of aromatic amines is 1. The van der Waals surface area contributed by atoms with Crippen LogP contribution in [0.4, 0.5) is 42.0 Å². The van der Waals surface area contributed by atoms with Crippen molar-refractivity contribution < 1.29 is 27.8 Å². The summed E-state index contributed by atoms with van der Waals surface area (Å²) in [6, 6.07) is 17.3. The summed E-state index contributed by atoms with van der Waals surface area (Å²) in [7, 11) is 1.58. The average molecular weight is 633 g/mol. The summed E-state index contributed by atoms with van der Waals surface area (Å²) in [5.41, 5.74) is 2.97. The Morgan fingerprint density at radius 2 is 1.85 bits per heavy atom. The lowest BCUT2D eigenvalue weighted by atomic mass is 10.1. The van der Waals surface area contributed by atoms with Gasteiger partial charge in [-0.3, -0.25) is 4.79 Å². The number of anilines is 5. The van der Waals surface area contributed by atoms with Crippen LogP contribution in [0, 0.1) is 0 Å². The second kappa shape index (κ2) is 12.9. The van der Waals surface area contributed by atoms with Crippen LogP contribution in [0.1, 0.15) is 34.3 Å². The highest BCUT2D eigenvalue weighted by Crippen LogP contribution is 2.34. The SMILES string of the molecule is COc1cc(N2CCC(O)CC2)ccc1Nc1nc(Nc2cccc(C(=O)NCc3cccc(C(F)(F)F)c3)c2)c2[nH]cnc2n1. The van der Waals surface area contributed by atoms with Gasteiger partial charge in [0.05, 0.1) is 30.8 Å². The predicted octanol–water partition coefficient (Wildman–Crippen LogP) is 5.76. The summed E-state index contributed by atoms with van der Waals surface area (Å²) >= 11 is 0. The molecular weight excluding hydrogens is 601 g/mol. The average Bonchev–Trinajstić information content (AvgIpc) is 3.53. The van der Waals surface area contributed by atoms with Gasteiger partial charge in [-0.25, -0.2) is 4.98 Å². The first-order chi connectivity index (χ1) is 22.2. The number of H-pyrrole nitrogens is 1. The van der Waals surface area contributed by atoms with Crippen LogP contribution in [0.25, 0.3) is 11.2 Å². The van der Waals surface area contributed by atoms with Gasteiger partial charge in [-0.15, -0.1) is 0 Å². The number of hydrogen-bond donors (Lipinski definition) is 5. The van der Waals surface area contributed by atoms with Gasteiger partial charge in [0, 0.05) is 42.6 Å². The summed E-state index contributed by atoms with van der Waals surface area (Å²) in [5, 5.41) is 18.9. The number of imidazole rings is 1. The summed E-state index contributed by atoms with van der Waals surface area (Å²) in [5.74, 6) is 0.792. The van der Waals surface area contributed by atoms with Gasteiger partial charge in [-0.1, -0.05) is 18.2 Å². The topological polar surface area (TPSA) is 140 Å². The third kappa shape index (κ3) is 6.96. The summed E-state index contributed by atoms with van der Waals surface area (Å²) < 4.78 is 44.8. The Balaban J connectivity index is 1.18. The van der Waals surface area contributed by atoms with E-state index < -0.39 is 17.6 Å². The number of nitrogens with one attached hydrogen (secondary N) is 4. The van der Waals surface area contributed by atoms with Gasteiger partial charge in [0.2, 0.25) is 5.95 Å². The van der Waals surface area contributed by atoms with Crippen molar-refractivity contribution in [3.8, 4) is 5.75 Å². The van der Waals surface area contributed by atoms with Crippen LogP contribution in [-0.4, -0.2) is 57.3 Å². The molecule has 3 heterocycles. The Labute approximate surface area is 261 Å². The number of halogens is 3. The summed E-state index contributed by atoms with van der Waals surface area (Å²) in [6.07, 6.45) is -1.82. The van der Waals surface area contributed by atoms with Gasteiger partial charge < -0.3 is 35.7 Å². The highest BCUT2D eigenvalue weighted by Gasteiger charge is 2.30. The van der Waals surface area contributed by atoms with Crippen molar-refractivity contribution in [2.45, 2.75) is 31.7 Å². The van der Waals surface area contributed by atoms with Gasteiger partial charge in [0.25, 0.3) is 5.91 Å². The Morgan fingerprint density at radius 1 is 1.04 bits per heavy atom. The molecule has 0 saturated carbocycles. The lowest BCUT2D eigenvalue weighted by Crippen LogP contribution is -2.35. The van der Waals surface area contributed by atoms with Crippen molar-refractivity contribution in [3.05, 3.63) is 89.7 Å². The molecule has 0 bridgehead atoms. The van der Waals surface area contributed by atoms with Gasteiger partial charge in [0.15, 0.2) is 11.5 Å². The molecule has 0 radical (unpaired) electrons. The van der Waals surface area contributed by atoms with Gasteiger partial charge >= 0.3 is 6.18 Å². The quantitative estimate of drug-likeness (QED) is 0.137. The molecule has 1 saturated heterocycles. The highest BCUT2D eigenvalue weighted by atomic mass is 19.4. The molecule has 0 atom stereocenters. The molecular formula is C32H31F3N8O3. The molecule has 1 fully saturated rings. The number of nitrogens with zero attached hydrogens (tertiary/aromatic N) is 4. The first-order valence-electron chi connectivity index (χ1n) is 14.6. The fourth-order valence-electron chi connectivity index (χ4n) is 5.22. The van der Waals surface area contributed by atoms with Crippen molar-refractivity contribution in [2.75, 3.05) is 35.7 Å². The molecule has 14 heteroatoms. The van der Waals surface area contributed by atoms with E-state index in [4.69, 9.17) is 4.74 Å². The highest BCUT2D eigenvalue weighted by molar-refractivity contribution is 5.95. The first kappa shape index (κ1) is 30.6. The number of rotatable bonds is 9. The normalized spacial score (nSPS) is 13.9. The maximum atomic E-state index is 13.1. The third-order valence-corrected chi connectivity index (χ3v) is 7.64. The van der Waals surface area contributed by atoms with Crippen LogP contribution in [0.15, 0.2) is 73.1 Å². The number of fused-ring (bicyclic) bond motifs is 1. The lowest BCUT2D eigenvalue weighted by molar-refractivity contribution is -0.137.